The molecule has 0 spiro atoms. The molecule has 53 heavy (non-hydrogen) atoms. The van der Waals surface area contributed by atoms with Gasteiger partial charge in [-0.05, 0) is 61.3 Å². The van der Waals surface area contributed by atoms with Crippen molar-refractivity contribution >= 4 is 41.4 Å². The zero-order valence-electron chi connectivity index (χ0n) is 32.9. The number of ketones is 1. The molecule has 5 N–H and O–H groups in total. The summed E-state index contributed by atoms with van der Waals surface area (Å²) in [6.07, 6.45) is 2.93. The van der Waals surface area contributed by atoms with Gasteiger partial charge in [-0.15, -0.1) is 0 Å². The molecular weight excluding hydrogens is 678 g/mol. The predicted octanol–water partition coefficient (Wildman–Crippen LogP) is 2.29. The summed E-state index contributed by atoms with van der Waals surface area (Å²) < 4.78 is 0. The highest BCUT2D eigenvalue weighted by molar-refractivity contribution is 6.38. The van der Waals surface area contributed by atoms with Crippen molar-refractivity contribution in [1.82, 2.24) is 36.4 Å². The van der Waals surface area contributed by atoms with Gasteiger partial charge >= 0.3 is 6.03 Å². The maximum absolute atomic E-state index is 14.3. The van der Waals surface area contributed by atoms with Crippen molar-refractivity contribution in [2.75, 3.05) is 27.2 Å². The van der Waals surface area contributed by atoms with Gasteiger partial charge in [-0.1, -0.05) is 84.2 Å². The highest BCUT2D eigenvalue weighted by atomic mass is 16.2. The third kappa shape index (κ3) is 9.94. The van der Waals surface area contributed by atoms with Crippen LogP contribution in [0.2, 0.25) is 0 Å². The highest BCUT2D eigenvalue weighted by Gasteiger charge is 2.70. The van der Waals surface area contributed by atoms with Gasteiger partial charge in [-0.2, -0.15) is 0 Å². The van der Waals surface area contributed by atoms with Gasteiger partial charge in [0.2, 0.25) is 29.4 Å². The lowest BCUT2D eigenvalue weighted by atomic mass is 9.80. The molecular formula is C39H59N7O7. The fourth-order valence-electron chi connectivity index (χ4n) is 7.50. The molecule has 1 aliphatic heterocycles. The van der Waals surface area contributed by atoms with Crippen molar-refractivity contribution in [3.8, 4) is 0 Å². The number of hydrogen-bond donors (Lipinski definition) is 5. The van der Waals surface area contributed by atoms with E-state index in [1.54, 1.807) is 44.4 Å². The first-order chi connectivity index (χ1) is 24.5. The second-order valence-electron chi connectivity index (χ2n) is 17.8. The van der Waals surface area contributed by atoms with E-state index in [1.807, 2.05) is 55.4 Å². The molecule has 0 unspecified atom stereocenters. The molecule has 1 aromatic carbocycles. The third-order valence-corrected chi connectivity index (χ3v) is 10.8. The van der Waals surface area contributed by atoms with Crippen LogP contribution in [0.4, 0.5) is 4.79 Å². The van der Waals surface area contributed by atoms with Gasteiger partial charge in [-0.25, -0.2) is 4.79 Å². The van der Waals surface area contributed by atoms with Gasteiger partial charge in [-0.3, -0.25) is 28.8 Å². The molecule has 0 aromatic heterocycles. The molecule has 2 saturated carbocycles. The van der Waals surface area contributed by atoms with Gasteiger partial charge in [0.1, 0.15) is 18.1 Å². The number of carbonyl (C=O) groups is 7. The van der Waals surface area contributed by atoms with Crippen LogP contribution in [0.5, 0.6) is 0 Å². The number of fused-ring (bicyclic) bond motifs is 1. The van der Waals surface area contributed by atoms with Crippen LogP contribution in [0, 0.1) is 28.6 Å². The van der Waals surface area contributed by atoms with Crippen LogP contribution in [-0.4, -0.2) is 102 Å². The van der Waals surface area contributed by atoms with E-state index in [1.165, 1.54) is 9.80 Å². The molecule has 1 heterocycles. The number of likely N-dealkylation sites (N-methyl/N-ethyl adjacent to an activating group) is 1. The molecule has 3 aliphatic rings. The van der Waals surface area contributed by atoms with E-state index in [-0.39, 0.29) is 35.5 Å². The van der Waals surface area contributed by atoms with Crippen molar-refractivity contribution in [2.45, 2.75) is 111 Å². The van der Waals surface area contributed by atoms with Crippen LogP contribution in [-0.2, 0) is 28.8 Å². The number of nitrogens with one attached hydrogen (secondary N) is 5. The number of amides is 7. The maximum Gasteiger partial charge on any atom is 0.315 e. The van der Waals surface area contributed by atoms with Gasteiger partial charge in [0, 0.05) is 26.2 Å². The smallest absolute Gasteiger partial charge is 0.315 e. The fourth-order valence-corrected chi connectivity index (χ4v) is 7.50. The first-order valence-corrected chi connectivity index (χ1v) is 18.6. The Morgan fingerprint density at radius 1 is 0.906 bits per heavy atom. The molecule has 1 aromatic rings. The summed E-state index contributed by atoms with van der Waals surface area (Å²) in [6, 6.07) is 4.16. The topological polar surface area (TPSA) is 186 Å². The number of piperidine rings is 1. The average Bonchev–Trinajstić information content (AvgIpc) is 3.35. The maximum atomic E-state index is 14.3. The SMILES string of the molecule is CN(C)C(=O)[C@@H](NC(=O)CNC(=O)C(=O)[C@H](CC1CCC1)NC(=O)[C@@H]1[C@@H]2[C@H](CN1C(=O)[C@@H](NC(=O)NC(C)(C)C)C(C)(C)C)C2(C)C)c1ccccc1. The minimum Gasteiger partial charge on any atom is -0.347 e. The van der Waals surface area contributed by atoms with E-state index < -0.39 is 77.1 Å². The second-order valence-corrected chi connectivity index (χ2v) is 17.8. The van der Waals surface area contributed by atoms with Crippen LogP contribution in [0.25, 0.3) is 0 Å². The first-order valence-electron chi connectivity index (χ1n) is 18.6. The molecule has 0 radical (unpaired) electrons. The number of benzene rings is 1. The van der Waals surface area contributed by atoms with Gasteiger partial charge in [0.05, 0.1) is 12.6 Å². The van der Waals surface area contributed by atoms with E-state index in [4.69, 9.17) is 0 Å². The first kappa shape index (κ1) is 41.3. The number of Topliss-reactive ketones (excluding diaryl/α,β-unsaturated/α-hetero) is 1. The Labute approximate surface area is 313 Å². The van der Waals surface area contributed by atoms with E-state index in [2.05, 4.69) is 26.6 Å². The third-order valence-electron chi connectivity index (χ3n) is 10.8. The Morgan fingerprint density at radius 2 is 1.53 bits per heavy atom. The Morgan fingerprint density at radius 3 is 2.06 bits per heavy atom. The fraction of sp³-hybridized carbons (Fsp3) is 0.667. The van der Waals surface area contributed by atoms with Crippen LogP contribution in [0.15, 0.2) is 30.3 Å². The summed E-state index contributed by atoms with van der Waals surface area (Å²) in [5.41, 5.74) is -0.894. The minimum atomic E-state index is -1.17. The average molecular weight is 738 g/mol. The quantitative estimate of drug-likeness (QED) is 0.192. The molecule has 1 saturated heterocycles. The molecule has 3 fully saturated rings. The largest absolute Gasteiger partial charge is 0.347 e. The summed E-state index contributed by atoms with van der Waals surface area (Å²) in [7, 11) is 3.14. The Hall–Kier alpha value is -4.49. The second kappa shape index (κ2) is 15.9. The summed E-state index contributed by atoms with van der Waals surface area (Å²) in [5, 5.41) is 13.5. The number of carbonyl (C=O) groups excluding carboxylic acids is 7. The van der Waals surface area contributed by atoms with Crippen molar-refractivity contribution in [1.29, 1.82) is 0 Å². The molecule has 6 atom stereocenters. The van der Waals surface area contributed by atoms with Crippen LogP contribution in [0.3, 0.4) is 0 Å². The Kier molecular flexibility index (Phi) is 12.3. The lowest BCUT2D eigenvalue weighted by Crippen LogP contribution is -2.62. The van der Waals surface area contributed by atoms with Crippen LogP contribution in [0.1, 0.15) is 92.7 Å². The number of hydrogen-bond acceptors (Lipinski definition) is 7. The number of likely N-dealkylation sites (tertiary alicyclic amines) is 1. The zero-order valence-corrected chi connectivity index (χ0v) is 32.9. The van der Waals surface area contributed by atoms with Crippen molar-refractivity contribution < 1.29 is 33.6 Å². The van der Waals surface area contributed by atoms with Crippen molar-refractivity contribution in [3.05, 3.63) is 35.9 Å². The summed E-state index contributed by atoms with van der Waals surface area (Å²) in [4.78, 5) is 97.0. The molecule has 14 nitrogen and oxygen atoms in total. The van der Waals surface area contributed by atoms with Gasteiger partial charge in [0.25, 0.3) is 5.91 Å². The lowest BCUT2D eigenvalue weighted by molar-refractivity contribution is -0.145. The minimum absolute atomic E-state index is 0.0490. The summed E-state index contributed by atoms with van der Waals surface area (Å²) in [6.45, 7) is 14.9. The molecule has 14 heteroatoms. The normalized spacial score (nSPS) is 22.2. The standard InChI is InChI=1S/C39H59N7O7/c1-37(2,3)31(43-36(53)44-38(4,5)6)35(52)46-21-24-27(39(24,7)8)29(46)32(49)41-25(19-22-15-14-16-22)30(48)33(50)40-20-26(47)42-28(34(51)45(9)10)23-17-12-11-13-18-23/h11-13,17-18,22,24-25,27-29,31H,14-16,19-21H2,1-10H3,(H,40,50)(H,41,49)(H,42,47)(H2,43,44,53)/t24-,25-,27-,28-,29-,31+/m0/s1. The van der Waals surface area contributed by atoms with E-state index >= 15 is 0 Å². The molecule has 292 valence electrons. The molecule has 7 amide bonds. The predicted molar refractivity (Wildman–Crippen MR) is 199 cm³/mol. The number of urea groups is 1. The van der Waals surface area contributed by atoms with Crippen LogP contribution >= 0.6 is 0 Å². The van der Waals surface area contributed by atoms with Crippen LogP contribution < -0.4 is 26.6 Å². The van der Waals surface area contributed by atoms with Gasteiger partial charge < -0.3 is 36.4 Å². The van der Waals surface area contributed by atoms with Gasteiger partial charge in [0.15, 0.2) is 0 Å². The number of rotatable bonds is 13. The highest BCUT2D eigenvalue weighted by Crippen LogP contribution is 2.65. The Bertz CT molecular complexity index is 1580. The molecule has 2 aliphatic carbocycles. The van der Waals surface area contributed by atoms with Crippen molar-refractivity contribution in [3.63, 3.8) is 0 Å². The summed E-state index contributed by atoms with van der Waals surface area (Å²) >= 11 is 0. The lowest BCUT2D eigenvalue weighted by Gasteiger charge is -2.38. The zero-order chi connectivity index (χ0) is 39.6. The molecule has 0 bridgehead atoms. The van der Waals surface area contributed by atoms with Crippen molar-refractivity contribution in [2.24, 2.45) is 28.6 Å². The Balaban J connectivity index is 1.48. The number of nitrogens with zero attached hydrogens (tertiary/aromatic N) is 2. The summed E-state index contributed by atoms with van der Waals surface area (Å²) in [5.74, 6) is -3.88. The van der Waals surface area contributed by atoms with E-state index in [0.717, 1.165) is 19.3 Å². The van der Waals surface area contributed by atoms with E-state index in [9.17, 15) is 33.6 Å². The molecule has 4 rings (SSSR count). The monoisotopic (exact) mass is 737 g/mol. The van der Waals surface area contributed by atoms with E-state index in [0.29, 0.717) is 12.1 Å².